The third-order valence-corrected chi connectivity index (χ3v) is 5.63. The average molecular weight is 459 g/mol. The van der Waals surface area contributed by atoms with E-state index in [0.29, 0.717) is 25.9 Å². The standard InChI is InChI=1S/C26H26N4O4/c31-24(29-15-13-21(14-16-29)26(33)28-22-7-3-1-4-8-22)19-34-25(32)12-11-20-17-27-30(18-20)23-9-5-2-6-10-23/h1-12,17-18,21H,13-16,19H2,(H,28,33). The third-order valence-electron chi connectivity index (χ3n) is 5.63. The third kappa shape index (κ3) is 6.19. The number of carbonyl (C=O) groups excluding carboxylic acids is 3. The Kier molecular flexibility index (Phi) is 7.49. The number of benzene rings is 2. The fourth-order valence-electron chi connectivity index (χ4n) is 3.74. The average Bonchev–Trinajstić information content (AvgIpc) is 3.36. The number of nitrogens with zero attached hydrogens (tertiary/aromatic N) is 3. The molecular formula is C26H26N4O4. The zero-order chi connectivity index (χ0) is 23.8. The van der Waals surface area contributed by atoms with Crippen molar-refractivity contribution in [3.05, 3.63) is 84.7 Å². The molecule has 0 unspecified atom stereocenters. The van der Waals surface area contributed by atoms with Gasteiger partial charge in [-0.05, 0) is 43.2 Å². The Morgan fingerprint density at radius 1 is 1.00 bits per heavy atom. The lowest BCUT2D eigenvalue weighted by atomic mass is 9.95. The highest BCUT2D eigenvalue weighted by molar-refractivity contribution is 5.93. The van der Waals surface area contributed by atoms with Crippen LogP contribution in [0.1, 0.15) is 18.4 Å². The number of likely N-dealkylation sites (tertiary alicyclic amines) is 1. The molecule has 1 aliphatic heterocycles. The maximum atomic E-state index is 12.4. The minimum absolute atomic E-state index is 0.0366. The summed E-state index contributed by atoms with van der Waals surface area (Å²) in [5.74, 6) is -1.05. The zero-order valence-corrected chi connectivity index (χ0v) is 18.7. The lowest BCUT2D eigenvalue weighted by Crippen LogP contribution is -2.43. The van der Waals surface area contributed by atoms with Crippen LogP contribution in [0.2, 0.25) is 0 Å². The SMILES string of the molecule is O=C(C=Cc1cnn(-c2ccccc2)c1)OCC(=O)N1CCC(C(=O)Nc2ccccc2)CC1. The van der Waals surface area contributed by atoms with Gasteiger partial charge >= 0.3 is 5.97 Å². The second-order valence-electron chi connectivity index (χ2n) is 8.01. The highest BCUT2D eigenvalue weighted by Gasteiger charge is 2.27. The van der Waals surface area contributed by atoms with Crippen molar-refractivity contribution in [1.82, 2.24) is 14.7 Å². The van der Waals surface area contributed by atoms with Crippen LogP contribution in [-0.4, -0.2) is 52.2 Å². The van der Waals surface area contributed by atoms with Gasteiger partial charge in [-0.25, -0.2) is 9.48 Å². The van der Waals surface area contributed by atoms with E-state index < -0.39 is 5.97 Å². The molecule has 0 atom stereocenters. The van der Waals surface area contributed by atoms with Crippen LogP contribution in [0.3, 0.4) is 0 Å². The number of hydrogen-bond donors (Lipinski definition) is 1. The van der Waals surface area contributed by atoms with Gasteiger partial charge in [-0.3, -0.25) is 9.59 Å². The largest absolute Gasteiger partial charge is 0.452 e. The van der Waals surface area contributed by atoms with E-state index in [1.165, 1.54) is 6.08 Å². The summed E-state index contributed by atoms with van der Waals surface area (Å²) < 4.78 is 6.81. The van der Waals surface area contributed by atoms with Crippen molar-refractivity contribution in [2.24, 2.45) is 5.92 Å². The van der Waals surface area contributed by atoms with Crippen LogP contribution in [0.25, 0.3) is 11.8 Å². The van der Waals surface area contributed by atoms with Crippen molar-refractivity contribution < 1.29 is 19.1 Å². The van der Waals surface area contributed by atoms with Gasteiger partial charge in [0.25, 0.3) is 5.91 Å². The van der Waals surface area contributed by atoms with Gasteiger partial charge in [-0.15, -0.1) is 0 Å². The van der Waals surface area contributed by atoms with E-state index in [9.17, 15) is 14.4 Å². The number of nitrogens with one attached hydrogen (secondary N) is 1. The number of carbonyl (C=O) groups is 3. The smallest absolute Gasteiger partial charge is 0.331 e. The molecule has 1 fully saturated rings. The molecule has 4 rings (SSSR count). The number of piperidine rings is 1. The van der Waals surface area contributed by atoms with Crippen LogP contribution in [-0.2, 0) is 19.1 Å². The van der Waals surface area contributed by atoms with Gasteiger partial charge in [0.2, 0.25) is 5.91 Å². The Bertz CT molecular complexity index is 1150. The fraction of sp³-hybridized carbons (Fsp3) is 0.231. The van der Waals surface area contributed by atoms with E-state index in [-0.39, 0.29) is 24.3 Å². The van der Waals surface area contributed by atoms with Crippen LogP contribution in [0.5, 0.6) is 0 Å². The Labute approximate surface area is 197 Å². The molecule has 2 amide bonds. The Morgan fingerprint density at radius 3 is 2.38 bits per heavy atom. The van der Waals surface area contributed by atoms with E-state index in [4.69, 9.17) is 4.74 Å². The molecule has 2 aromatic carbocycles. The number of amides is 2. The molecule has 3 aromatic rings. The highest BCUT2D eigenvalue weighted by atomic mass is 16.5. The van der Waals surface area contributed by atoms with Crippen LogP contribution < -0.4 is 5.32 Å². The summed E-state index contributed by atoms with van der Waals surface area (Å²) in [5.41, 5.74) is 2.41. The second-order valence-corrected chi connectivity index (χ2v) is 8.01. The maximum absolute atomic E-state index is 12.4. The second kappa shape index (κ2) is 11.1. The van der Waals surface area contributed by atoms with Crippen molar-refractivity contribution in [1.29, 1.82) is 0 Å². The van der Waals surface area contributed by atoms with E-state index in [1.54, 1.807) is 28.1 Å². The topological polar surface area (TPSA) is 93.5 Å². The zero-order valence-electron chi connectivity index (χ0n) is 18.7. The molecule has 8 heteroatoms. The molecule has 0 radical (unpaired) electrons. The van der Waals surface area contributed by atoms with Crippen molar-refractivity contribution >= 4 is 29.5 Å². The highest BCUT2D eigenvalue weighted by Crippen LogP contribution is 2.19. The molecule has 0 aliphatic carbocycles. The number of hydrogen-bond acceptors (Lipinski definition) is 5. The summed E-state index contributed by atoms with van der Waals surface area (Å²) in [6, 6.07) is 18.9. The summed E-state index contributed by atoms with van der Waals surface area (Å²) >= 11 is 0. The summed E-state index contributed by atoms with van der Waals surface area (Å²) in [6.45, 7) is 0.586. The van der Waals surface area contributed by atoms with Crippen molar-refractivity contribution in [3.8, 4) is 5.69 Å². The first-order valence-electron chi connectivity index (χ1n) is 11.2. The number of esters is 1. The number of rotatable bonds is 7. The molecule has 0 bridgehead atoms. The van der Waals surface area contributed by atoms with Gasteiger partial charge in [0.05, 0.1) is 11.9 Å². The Hall–Kier alpha value is -4.20. The number of anilines is 1. The van der Waals surface area contributed by atoms with Crippen molar-refractivity contribution in [2.45, 2.75) is 12.8 Å². The fourth-order valence-corrected chi connectivity index (χ4v) is 3.74. The first-order chi connectivity index (χ1) is 16.6. The van der Waals surface area contributed by atoms with Crippen LogP contribution in [0, 0.1) is 5.92 Å². The van der Waals surface area contributed by atoms with E-state index in [2.05, 4.69) is 10.4 Å². The van der Waals surface area contributed by atoms with Crippen LogP contribution in [0.15, 0.2) is 79.1 Å². The molecule has 8 nitrogen and oxygen atoms in total. The lowest BCUT2D eigenvalue weighted by molar-refractivity contribution is -0.149. The summed E-state index contributed by atoms with van der Waals surface area (Å²) in [5, 5.41) is 7.17. The molecule has 1 N–H and O–H groups in total. The molecular weight excluding hydrogens is 432 g/mol. The minimum Gasteiger partial charge on any atom is -0.452 e. The normalized spacial score (nSPS) is 14.2. The summed E-state index contributed by atoms with van der Waals surface area (Å²) in [4.78, 5) is 38.5. The van der Waals surface area contributed by atoms with Crippen LogP contribution in [0.4, 0.5) is 5.69 Å². The molecule has 174 valence electrons. The van der Waals surface area contributed by atoms with Crippen LogP contribution >= 0.6 is 0 Å². The molecule has 1 aliphatic rings. The predicted octanol–water partition coefficient (Wildman–Crippen LogP) is 3.31. The molecule has 0 saturated carbocycles. The molecule has 2 heterocycles. The molecule has 1 aromatic heterocycles. The van der Waals surface area contributed by atoms with Gasteiger partial charge in [0.15, 0.2) is 6.61 Å². The molecule has 1 saturated heterocycles. The first kappa shape index (κ1) is 23.0. The molecule has 0 spiro atoms. The van der Waals surface area contributed by atoms with Gasteiger partial charge in [0, 0.05) is 42.5 Å². The predicted molar refractivity (Wildman–Crippen MR) is 128 cm³/mol. The van der Waals surface area contributed by atoms with Gasteiger partial charge < -0.3 is 15.0 Å². The number of para-hydroxylation sites is 2. The first-order valence-corrected chi connectivity index (χ1v) is 11.2. The van der Waals surface area contributed by atoms with Crippen molar-refractivity contribution in [2.75, 3.05) is 25.0 Å². The van der Waals surface area contributed by atoms with E-state index >= 15 is 0 Å². The van der Waals surface area contributed by atoms with Gasteiger partial charge in [-0.2, -0.15) is 5.10 Å². The van der Waals surface area contributed by atoms with Gasteiger partial charge in [-0.1, -0.05) is 36.4 Å². The number of ether oxygens (including phenoxy) is 1. The lowest BCUT2D eigenvalue weighted by Gasteiger charge is -2.31. The Balaban J connectivity index is 1.19. The van der Waals surface area contributed by atoms with Crippen molar-refractivity contribution in [3.63, 3.8) is 0 Å². The summed E-state index contributed by atoms with van der Waals surface area (Å²) in [6.07, 6.45) is 7.45. The van der Waals surface area contributed by atoms with E-state index in [0.717, 1.165) is 16.9 Å². The van der Waals surface area contributed by atoms with E-state index in [1.807, 2.05) is 60.7 Å². The Morgan fingerprint density at radius 2 is 1.68 bits per heavy atom. The molecule has 34 heavy (non-hydrogen) atoms. The number of aromatic nitrogens is 2. The monoisotopic (exact) mass is 458 g/mol. The quantitative estimate of drug-likeness (QED) is 0.433. The minimum atomic E-state index is -0.599. The maximum Gasteiger partial charge on any atom is 0.331 e. The van der Waals surface area contributed by atoms with Gasteiger partial charge in [0.1, 0.15) is 0 Å². The summed E-state index contributed by atoms with van der Waals surface area (Å²) in [7, 11) is 0.